The first-order valence-corrected chi connectivity index (χ1v) is 5.86. The summed E-state index contributed by atoms with van der Waals surface area (Å²) < 4.78 is 1.35. The predicted molar refractivity (Wildman–Crippen MR) is 73.6 cm³/mol. The number of aromatic nitrogens is 1. The summed E-state index contributed by atoms with van der Waals surface area (Å²) in [5.74, 6) is -0.0859. The third-order valence-corrected chi connectivity index (χ3v) is 3.05. The van der Waals surface area contributed by atoms with Gasteiger partial charge < -0.3 is 15.2 Å². The molecule has 1 aromatic heterocycles. The number of aryl methyl sites for hydroxylation is 1. The van der Waals surface area contributed by atoms with E-state index < -0.39 is 0 Å². The van der Waals surface area contributed by atoms with Crippen molar-refractivity contribution in [1.82, 2.24) is 9.88 Å². The maximum Gasteiger partial charge on any atom is 0.269 e. The number of nitrogens with zero attached hydrogens (tertiary/aromatic N) is 1. The first-order valence-electron chi connectivity index (χ1n) is 5.48. The van der Waals surface area contributed by atoms with Crippen LogP contribution in [0.25, 0.3) is 0 Å². The highest BCUT2D eigenvalue weighted by Crippen LogP contribution is 2.13. The third kappa shape index (κ3) is 3.25. The molecule has 0 saturated carbocycles. The summed E-state index contributed by atoms with van der Waals surface area (Å²) in [5, 5.41) is 5.95. The molecule has 2 heterocycles. The molecule has 1 saturated heterocycles. The van der Waals surface area contributed by atoms with Gasteiger partial charge in [0.15, 0.2) is 0 Å². The number of carbonyl (C=O) groups excluding carboxylic acids is 1. The topological polar surface area (TPSA) is 63.1 Å². The van der Waals surface area contributed by atoms with Gasteiger partial charge in [0.05, 0.1) is 11.7 Å². The van der Waals surface area contributed by atoms with Crippen molar-refractivity contribution < 1.29 is 4.79 Å². The van der Waals surface area contributed by atoms with Crippen LogP contribution < -0.4 is 16.2 Å². The van der Waals surface area contributed by atoms with E-state index in [2.05, 4.69) is 10.6 Å². The van der Waals surface area contributed by atoms with Crippen molar-refractivity contribution in [2.24, 2.45) is 7.05 Å². The van der Waals surface area contributed by atoms with Crippen molar-refractivity contribution in [2.75, 3.05) is 11.9 Å². The lowest BCUT2D eigenvalue weighted by molar-refractivity contribution is -0.117. The van der Waals surface area contributed by atoms with Crippen LogP contribution in [0.15, 0.2) is 17.1 Å². The molecule has 100 valence electrons. The quantitative estimate of drug-likeness (QED) is 0.859. The first-order chi connectivity index (χ1) is 8.08. The lowest BCUT2D eigenvalue weighted by Crippen LogP contribution is -2.35. The highest BCUT2D eigenvalue weighted by atomic mass is 35.5. The van der Waals surface area contributed by atoms with Crippen molar-refractivity contribution in [2.45, 2.75) is 18.9 Å². The van der Waals surface area contributed by atoms with Gasteiger partial charge in [-0.25, -0.2) is 0 Å². The largest absolute Gasteiger partial charge is 0.323 e. The first kappa shape index (κ1) is 15.0. The average molecular weight is 292 g/mol. The molecule has 0 aliphatic carbocycles. The summed E-state index contributed by atoms with van der Waals surface area (Å²) in [7, 11) is 1.59. The van der Waals surface area contributed by atoms with Crippen LogP contribution >= 0.6 is 24.0 Å². The van der Waals surface area contributed by atoms with Gasteiger partial charge in [-0.1, -0.05) is 11.6 Å². The van der Waals surface area contributed by atoms with Gasteiger partial charge in [0.2, 0.25) is 5.91 Å². The maximum absolute atomic E-state index is 11.8. The van der Waals surface area contributed by atoms with Gasteiger partial charge in [0, 0.05) is 13.2 Å². The number of hydrogen-bond acceptors (Lipinski definition) is 3. The normalized spacial score (nSPS) is 18.2. The highest BCUT2D eigenvalue weighted by Gasteiger charge is 2.22. The van der Waals surface area contributed by atoms with Gasteiger partial charge in [-0.05, 0) is 25.5 Å². The van der Waals surface area contributed by atoms with E-state index in [0.717, 1.165) is 19.4 Å². The molecule has 1 aromatic rings. The zero-order valence-corrected chi connectivity index (χ0v) is 11.5. The summed E-state index contributed by atoms with van der Waals surface area (Å²) in [6.45, 7) is 0.867. The van der Waals surface area contributed by atoms with Gasteiger partial charge in [-0.15, -0.1) is 12.4 Å². The Balaban J connectivity index is 0.00000162. The van der Waals surface area contributed by atoms with Crippen molar-refractivity contribution >= 4 is 35.6 Å². The SMILES string of the molecule is Cl.Cn1cc(NC(=O)C2CCCN2)cc(Cl)c1=O. The molecule has 0 radical (unpaired) electrons. The molecular formula is C11H15Cl2N3O2. The Morgan fingerprint density at radius 3 is 2.89 bits per heavy atom. The monoisotopic (exact) mass is 291 g/mol. The fourth-order valence-corrected chi connectivity index (χ4v) is 2.13. The smallest absolute Gasteiger partial charge is 0.269 e. The Hall–Kier alpha value is -1.04. The van der Waals surface area contributed by atoms with E-state index in [4.69, 9.17) is 11.6 Å². The molecule has 0 bridgehead atoms. The lowest BCUT2D eigenvalue weighted by atomic mass is 10.2. The Morgan fingerprint density at radius 2 is 2.33 bits per heavy atom. The standard InChI is InChI=1S/C11H14ClN3O2.ClH/c1-15-6-7(5-8(12)11(15)17)14-10(16)9-3-2-4-13-9;/h5-6,9,13H,2-4H2,1H3,(H,14,16);1H. The minimum absolute atomic E-state index is 0. The number of rotatable bonds is 2. The summed E-state index contributed by atoms with van der Waals surface area (Å²) in [5.41, 5.74) is 0.263. The summed E-state index contributed by atoms with van der Waals surface area (Å²) in [6, 6.07) is 1.32. The lowest BCUT2D eigenvalue weighted by Gasteiger charge is -2.12. The van der Waals surface area contributed by atoms with Crippen LogP contribution in [0.1, 0.15) is 12.8 Å². The number of hydrogen-bond donors (Lipinski definition) is 2. The summed E-state index contributed by atoms with van der Waals surface area (Å²) in [6.07, 6.45) is 3.40. The van der Waals surface area contributed by atoms with E-state index >= 15 is 0 Å². The second kappa shape index (κ2) is 6.22. The van der Waals surface area contributed by atoms with Gasteiger partial charge in [-0.3, -0.25) is 9.59 Å². The van der Waals surface area contributed by atoms with Crippen molar-refractivity contribution in [1.29, 1.82) is 0 Å². The minimum atomic E-state index is -0.274. The number of pyridine rings is 1. The zero-order valence-electron chi connectivity index (χ0n) is 9.90. The Bertz CT molecular complexity index is 469. The molecule has 1 aliphatic heterocycles. The maximum atomic E-state index is 11.8. The number of nitrogens with one attached hydrogen (secondary N) is 2. The fraction of sp³-hybridized carbons (Fsp3) is 0.455. The van der Waals surface area contributed by atoms with Gasteiger partial charge >= 0.3 is 0 Å². The van der Waals surface area contributed by atoms with Crippen LogP contribution in [0, 0.1) is 0 Å². The van der Waals surface area contributed by atoms with Crippen molar-refractivity contribution in [3.8, 4) is 0 Å². The van der Waals surface area contributed by atoms with E-state index in [1.165, 1.54) is 10.6 Å². The van der Waals surface area contributed by atoms with Crippen LogP contribution in [0.3, 0.4) is 0 Å². The molecular weight excluding hydrogens is 277 g/mol. The molecule has 2 N–H and O–H groups in total. The number of amides is 1. The third-order valence-electron chi connectivity index (χ3n) is 2.78. The number of anilines is 1. The van der Waals surface area contributed by atoms with Gasteiger partial charge in [-0.2, -0.15) is 0 Å². The second-order valence-electron chi connectivity index (χ2n) is 4.13. The van der Waals surface area contributed by atoms with E-state index in [1.807, 2.05) is 0 Å². The van der Waals surface area contributed by atoms with E-state index in [-0.39, 0.29) is 34.9 Å². The second-order valence-corrected chi connectivity index (χ2v) is 4.54. The van der Waals surface area contributed by atoms with Crippen LogP contribution in [0.2, 0.25) is 5.02 Å². The molecule has 1 aliphatic rings. The molecule has 1 atom stereocenters. The zero-order chi connectivity index (χ0) is 12.4. The molecule has 5 nitrogen and oxygen atoms in total. The minimum Gasteiger partial charge on any atom is -0.323 e. The molecule has 0 aromatic carbocycles. The molecule has 7 heteroatoms. The Kier molecular flexibility index (Phi) is 5.19. The fourth-order valence-electron chi connectivity index (χ4n) is 1.88. The van der Waals surface area contributed by atoms with Crippen molar-refractivity contribution in [3.63, 3.8) is 0 Å². The molecule has 18 heavy (non-hydrogen) atoms. The van der Waals surface area contributed by atoms with Crippen LogP contribution in [0.4, 0.5) is 5.69 Å². The molecule has 0 spiro atoms. The molecule has 2 rings (SSSR count). The van der Waals surface area contributed by atoms with Crippen molar-refractivity contribution in [3.05, 3.63) is 27.6 Å². The number of halogens is 2. The molecule has 1 fully saturated rings. The Morgan fingerprint density at radius 1 is 1.61 bits per heavy atom. The number of carbonyl (C=O) groups is 1. The highest BCUT2D eigenvalue weighted by molar-refractivity contribution is 6.30. The van der Waals surface area contributed by atoms with Crippen LogP contribution in [0.5, 0.6) is 0 Å². The van der Waals surface area contributed by atoms with Gasteiger partial charge in [0.1, 0.15) is 5.02 Å². The van der Waals surface area contributed by atoms with Crippen LogP contribution in [-0.4, -0.2) is 23.1 Å². The molecule has 1 amide bonds. The van der Waals surface area contributed by atoms with Gasteiger partial charge in [0.25, 0.3) is 5.56 Å². The van der Waals surface area contributed by atoms with Crippen LogP contribution in [-0.2, 0) is 11.8 Å². The predicted octanol–water partition coefficient (Wildman–Crippen LogP) is 1.15. The summed E-state index contributed by atoms with van der Waals surface area (Å²) in [4.78, 5) is 23.2. The average Bonchev–Trinajstić information content (AvgIpc) is 2.79. The summed E-state index contributed by atoms with van der Waals surface area (Å²) >= 11 is 5.76. The van der Waals surface area contributed by atoms with E-state index in [9.17, 15) is 9.59 Å². The van der Waals surface area contributed by atoms with E-state index in [1.54, 1.807) is 13.2 Å². The molecule has 1 unspecified atom stereocenters. The van der Waals surface area contributed by atoms with E-state index in [0.29, 0.717) is 5.69 Å². The Labute approximate surface area is 116 Å².